The molecule has 3 heterocycles. The fourth-order valence-electron chi connectivity index (χ4n) is 5.47. The molecule has 2 atom stereocenters. The molecule has 0 unspecified atom stereocenters. The van der Waals surface area contributed by atoms with Crippen LogP contribution in [-0.4, -0.2) is 42.1 Å². The predicted molar refractivity (Wildman–Crippen MR) is 170 cm³/mol. The summed E-state index contributed by atoms with van der Waals surface area (Å²) in [7, 11) is 0. The van der Waals surface area contributed by atoms with E-state index in [1.54, 1.807) is 22.9 Å². The first kappa shape index (κ1) is 29.9. The number of rotatable bonds is 7. The lowest BCUT2D eigenvalue weighted by Crippen LogP contribution is -2.36. The van der Waals surface area contributed by atoms with E-state index in [1.165, 1.54) is 0 Å². The third-order valence-electron chi connectivity index (χ3n) is 7.68. The minimum Gasteiger partial charge on any atom is -0.484 e. The van der Waals surface area contributed by atoms with Gasteiger partial charge in [-0.3, -0.25) is 9.72 Å². The number of aliphatic hydroxyl groups excluding tert-OH is 1. The first-order valence-corrected chi connectivity index (χ1v) is 15.2. The van der Waals surface area contributed by atoms with Gasteiger partial charge in [0, 0.05) is 11.5 Å². The second-order valence-corrected chi connectivity index (χ2v) is 12.6. The van der Waals surface area contributed by atoms with Crippen LogP contribution in [-0.2, 0) is 12.0 Å². The van der Waals surface area contributed by atoms with Crippen molar-refractivity contribution < 1.29 is 14.6 Å². The van der Waals surface area contributed by atoms with Crippen molar-refractivity contribution >= 4 is 40.7 Å². The molecule has 0 fully saturated rings. The van der Waals surface area contributed by atoms with Crippen LogP contribution in [0.1, 0.15) is 62.6 Å². The molecule has 3 N–H and O–H groups in total. The quantitative estimate of drug-likeness (QED) is 0.178. The van der Waals surface area contributed by atoms with Crippen LogP contribution in [0.15, 0.2) is 66.9 Å². The number of aliphatic hydroxyl groups is 1. The molecule has 0 aliphatic heterocycles. The van der Waals surface area contributed by atoms with Crippen molar-refractivity contribution in [1.82, 2.24) is 29.7 Å². The Balaban J connectivity index is 1.21. The molecule has 3 aromatic heterocycles. The van der Waals surface area contributed by atoms with E-state index in [9.17, 15) is 9.90 Å². The van der Waals surface area contributed by atoms with Crippen molar-refractivity contribution in [3.63, 3.8) is 0 Å². The van der Waals surface area contributed by atoms with Crippen molar-refractivity contribution in [3.05, 3.63) is 93.7 Å². The van der Waals surface area contributed by atoms with Crippen LogP contribution in [0.5, 0.6) is 5.75 Å². The third kappa shape index (κ3) is 5.97. The van der Waals surface area contributed by atoms with Gasteiger partial charge in [-0.15, -0.1) is 10.2 Å². The molecule has 0 saturated carbocycles. The Hall–Kier alpha value is -4.12. The van der Waals surface area contributed by atoms with Crippen molar-refractivity contribution in [3.8, 4) is 17.1 Å². The molecule has 44 heavy (non-hydrogen) atoms. The summed E-state index contributed by atoms with van der Waals surface area (Å²) in [5.41, 5.74) is 3.86. The van der Waals surface area contributed by atoms with Crippen LogP contribution < -0.4 is 15.4 Å². The Kier molecular flexibility index (Phi) is 8.24. The highest BCUT2D eigenvalue weighted by Gasteiger charge is 2.30. The lowest BCUT2D eigenvalue weighted by molar-refractivity contribution is 0.171. The van der Waals surface area contributed by atoms with Gasteiger partial charge in [0.05, 0.1) is 46.7 Å². The van der Waals surface area contributed by atoms with Crippen molar-refractivity contribution in [1.29, 1.82) is 0 Å². The maximum absolute atomic E-state index is 13.2. The molecular weight excluding hydrogens is 601 g/mol. The van der Waals surface area contributed by atoms with Gasteiger partial charge in [0.25, 0.3) is 0 Å². The lowest BCUT2D eigenvalue weighted by atomic mass is 9.85. The second kappa shape index (κ2) is 12.1. The highest BCUT2D eigenvalue weighted by molar-refractivity contribution is 6.39. The Morgan fingerprint density at radius 2 is 1.77 bits per heavy atom. The molecule has 5 aromatic rings. The number of aromatic nitrogens is 5. The lowest BCUT2D eigenvalue weighted by Gasteiger charge is -2.32. The topological polar surface area (TPSA) is 119 Å². The number of ether oxygens (including phenoxy) is 1. The first-order valence-electron chi connectivity index (χ1n) is 14.4. The molecular formula is C32H33Cl2N7O3. The number of nitrogens with zero attached hydrogens (tertiary/aromatic N) is 5. The van der Waals surface area contributed by atoms with Crippen LogP contribution >= 0.6 is 23.2 Å². The molecule has 10 nitrogen and oxygen atoms in total. The van der Waals surface area contributed by atoms with Gasteiger partial charge < -0.3 is 15.2 Å². The average Bonchev–Trinajstić information content (AvgIpc) is 3.58. The summed E-state index contributed by atoms with van der Waals surface area (Å²) in [5.74, 6) is 1.70. The molecule has 228 valence electrons. The normalized spacial score (nSPS) is 16.5. The van der Waals surface area contributed by atoms with Gasteiger partial charge in [-0.2, -0.15) is 5.10 Å². The summed E-state index contributed by atoms with van der Waals surface area (Å²) in [5, 5.41) is 29.7. The van der Waals surface area contributed by atoms with E-state index in [-0.39, 0.29) is 36.7 Å². The maximum atomic E-state index is 13.2. The number of benzene rings is 2. The van der Waals surface area contributed by atoms with E-state index < -0.39 is 0 Å². The molecule has 2 aromatic carbocycles. The van der Waals surface area contributed by atoms with Crippen LogP contribution in [0.4, 0.5) is 10.6 Å². The number of halogens is 2. The van der Waals surface area contributed by atoms with Gasteiger partial charge in [-0.05, 0) is 48.2 Å². The Bertz CT molecular complexity index is 1810. The molecule has 0 saturated heterocycles. The molecule has 1 aliphatic rings. The van der Waals surface area contributed by atoms with Gasteiger partial charge in [-0.25, -0.2) is 9.48 Å². The summed E-state index contributed by atoms with van der Waals surface area (Å²) in [6, 6.07) is 18.3. The number of fused-ring (bicyclic) bond motifs is 2. The summed E-state index contributed by atoms with van der Waals surface area (Å²) < 4.78 is 9.97. The minimum absolute atomic E-state index is 0.0850. The number of carbonyl (C=O) groups excluding carboxylic acids is 1. The average molecular weight is 635 g/mol. The summed E-state index contributed by atoms with van der Waals surface area (Å²) in [4.78, 5) is 13.2. The van der Waals surface area contributed by atoms with Gasteiger partial charge in [0.2, 0.25) is 0 Å². The zero-order chi connectivity index (χ0) is 31.0. The molecule has 0 radical (unpaired) electrons. The number of hydrogen-bond donors (Lipinski definition) is 3. The largest absolute Gasteiger partial charge is 0.484 e. The summed E-state index contributed by atoms with van der Waals surface area (Å²) in [6.07, 6.45) is 2.97. The molecule has 0 spiro atoms. The number of amides is 2. The molecule has 2 amide bonds. The Labute approximate surface area is 265 Å². The number of nitrogens with one attached hydrogen (secondary N) is 2. The van der Waals surface area contributed by atoms with Gasteiger partial charge in [-0.1, -0.05) is 74.3 Å². The number of hydrogen-bond acceptors (Lipinski definition) is 6. The monoisotopic (exact) mass is 633 g/mol. The van der Waals surface area contributed by atoms with Crippen molar-refractivity contribution in [2.45, 2.75) is 57.7 Å². The highest BCUT2D eigenvalue weighted by Crippen LogP contribution is 2.39. The third-order valence-corrected chi connectivity index (χ3v) is 8.31. The first-order chi connectivity index (χ1) is 21.1. The van der Waals surface area contributed by atoms with E-state index in [0.29, 0.717) is 51.5 Å². The number of carbonyl (C=O) groups is 1. The number of pyridine rings is 1. The summed E-state index contributed by atoms with van der Waals surface area (Å²) >= 11 is 12.9. The van der Waals surface area contributed by atoms with Crippen LogP contribution in [0, 0.1) is 0 Å². The van der Waals surface area contributed by atoms with Gasteiger partial charge in [0.15, 0.2) is 11.5 Å². The SMILES string of the molecule is CC(C)(C)c1cc(NC(=O)N[C@H]2CC[C@@H](Oc3ccc4nnc(-c5c(Cl)cccc5Cl)n4c3)c3ccccc32)n(CCO)n1. The van der Waals surface area contributed by atoms with Crippen molar-refractivity contribution in [2.75, 3.05) is 11.9 Å². The molecule has 1 aliphatic carbocycles. The maximum Gasteiger partial charge on any atom is 0.320 e. The van der Waals surface area contributed by atoms with E-state index in [4.69, 9.17) is 27.9 Å². The number of urea groups is 1. The molecule has 12 heteroatoms. The standard InChI is InChI=1S/C32H33Cl2N7O3/c1-32(2,3)26-17-28(41(39-26)15-16-42)36-31(43)35-24-12-13-25(21-8-5-4-7-20(21)24)44-19-11-14-27-37-38-30(40(27)18-19)29-22(33)9-6-10-23(29)34/h4-11,14,17-18,24-25,42H,12-13,15-16H2,1-3H3,(H2,35,36,43)/t24-,25+/m0/s1. The van der Waals surface area contributed by atoms with Gasteiger partial charge >= 0.3 is 6.03 Å². The zero-order valence-corrected chi connectivity index (χ0v) is 26.1. The van der Waals surface area contributed by atoms with Crippen LogP contribution in [0.2, 0.25) is 10.0 Å². The Morgan fingerprint density at radius 1 is 1.02 bits per heavy atom. The minimum atomic E-state index is -0.340. The Morgan fingerprint density at radius 3 is 2.50 bits per heavy atom. The summed E-state index contributed by atoms with van der Waals surface area (Å²) in [6.45, 7) is 6.36. The van der Waals surface area contributed by atoms with Crippen LogP contribution in [0.3, 0.4) is 0 Å². The van der Waals surface area contributed by atoms with E-state index >= 15 is 0 Å². The highest BCUT2D eigenvalue weighted by atomic mass is 35.5. The fourth-order valence-corrected chi connectivity index (χ4v) is 6.04. The van der Waals surface area contributed by atoms with Crippen molar-refractivity contribution in [2.24, 2.45) is 0 Å². The second-order valence-electron chi connectivity index (χ2n) is 11.8. The fraction of sp³-hybridized carbons (Fsp3) is 0.312. The predicted octanol–water partition coefficient (Wildman–Crippen LogP) is 6.97. The van der Waals surface area contributed by atoms with Crippen LogP contribution in [0.25, 0.3) is 17.0 Å². The smallest absolute Gasteiger partial charge is 0.320 e. The molecule has 0 bridgehead atoms. The number of anilines is 1. The van der Waals surface area contributed by atoms with E-state index in [1.807, 2.05) is 53.1 Å². The molecule has 6 rings (SSSR count). The van der Waals surface area contributed by atoms with E-state index in [2.05, 4.69) is 46.7 Å². The van der Waals surface area contributed by atoms with E-state index in [0.717, 1.165) is 16.8 Å². The van der Waals surface area contributed by atoms with Gasteiger partial charge in [0.1, 0.15) is 17.7 Å². The zero-order valence-electron chi connectivity index (χ0n) is 24.6.